The van der Waals surface area contributed by atoms with Crippen LogP contribution in [0.5, 0.6) is 5.75 Å². The number of aryl methyl sites for hydroxylation is 1. The van der Waals surface area contributed by atoms with Crippen LogP contribution in [0.4, 0.5) is 0 Å². The van der Waals surface area contributed by atoms with Crippen molar-refractivity contribution in [2.24, 2.45) is 0 Å². The number of rotatable bonds is 1. The molecule has 1 N–H and O–H groups in total. The van der Waals surface area contributed by atoms with E-state index in [1.807, 2.05) is 26.0 Å². The van der Waals surface area contributed by atoms with Crippen molar-refractivity contribution in [3.63, 3.8) is 0 Å². The molecule has 0 unspecified atom stereocenters. The molecule has 0 aliphatic rings. The van der Waals surface area contributed by atoms with Crippen molar-refractivity contribution >= 4 is 15.9 Å². The van der Waals surface area contributed by atoms with Crippen molar-refractivity contribution in [1.82, 2.24) is 0 Å². The third-order valence-electron chi connectivity index (χ3n) is 3.67. The van der Waals surface area contributed by atoms with Gasteiger partial charge in [0.25, 0.3) is 0 Å². The van der Waals surface area contributed by atoms with Gasteiger partial charge in [-0.2, -0.15) is 0 Å². The molecule has 0 atom stereocenters. The first-order valence-corrected chi connectivity index (χ1v) is 7.60. The Morgan fingerprint density at radius 2 is 1.55 bits per heavy atom. The molecule has 2 rings (SSSR count). The number of halogens is 1. The summed E-state index contributed by atoms with van der Waals surface area (Å²) in [4.78, 5) is 0. The van der Waals surface area contributed by atoms with Crippen molar-refractivity contribution in [3.8, 4) is 16.9 Å². The van der Waals surface area contributed by atoms with Gasteiger partial charge < -0.3 is 5.11 Å². The summed E-state index contributed by atoms with van der Waals surface area (Å²) in [5.74, 6) is 0.399. The lowest BCUT2D eigenvalue weighted by atomic mass is 9.79. The molecule has 0 radical (unpaired) electrons. The Kier molecular flexibility index (Phi) is 3.97. The Bertz CT molecular complexity index is 634. The summed E-state index contributed by atoms with van der Waals surface area (Å²) in [5.41, 5.74) is 5.49. The van der Waals surface area contributed by atoms with Gasteiger partial charge in [-0.1, -0.05) is 54.9 Å². The fourth-order valence-corrected chi connectivity index (χ4v) is 2.82. The normalized spacial score (nSPS) is 11.7. The van der Waals surface area contributed by atoms with E-state index < -0.39 is 0 Å². The number of aromatic hydroxyl groups is 1. The first-order valence-electron chi connectivity index (χ1n) is 6.81. The molecule has 2 heteroatoms. The Hall–Kier alpha value is -1.28. The van der Waals surface area contributed by atoms with Crippen LogP contribution >= 0.6 is 15.9 Å². The summed E-state index contributed by atoms with van der Waals surface area (Å²) in [7, 11) is 0. The van der Waals surface area contributed by atoms with Crippen LogP contribution < -0.4 is 0 Å². The highest BCUT2D eigenvalue weighted by Gasteiger charge is 2.23. The maximum atomic E-state index is 10.3. The Morgan fingerprint density at radius 1 is 1.00 bits per heavy atom. The fourth-order valence-electron chi connectivity index (χ4n) is 2.55. The quantitative estimate of drug-likeness (QED) is 0.706. The molecule has 0 bridgehead atoms. The van der Waals surface area contributed by atoms with Crippen LogP contribution in [0.1, 0.15) is 37.5 Å². The molecule has 20 heavy (non-hydrogen) atoms. The third kappa shape index (κ3) is 2.76. The van der Waals surface area contributed by atoms with Gasteiger partial charge in [0.2, 0.25) is 0 Å². The maximum absolute atomic E-state index is 10.3. The van der Waals surface area contributed by atoms with E-state index in [2.05, 4.69) is 54.9 Å². The number of phenolic OH excluding ortho intramolecular Hbond substituents is 1. The van der Waals surface area contributed by atoms with Gasteiger partial charge in [0, 0.05) is 4.47 Å². The molecule has 0 aliphatic carbocycles. The minimum Gasteiger partial charge on any atom is -0.507 e. The molecule has 0 spiro atoms. The maximum Gasteiger partial charge on any atom is 0.122 e. The zero-order valence-electron chi connectivity index (χ0n) is 12.7. The molecule has 0 aliphatic heterocycles. The van der Waals surface area contributed by atoms with E-state index >= 15 is 0 Å². The van der Waals surface area contributed by atoms with Crippen LogP contribution in [-0.4, -0.2) is 5.11 Å². The van der Waals surface area contributed by atoms with Crippen molar-refractivity contribution in [2.75, 3.05) is 0 Å². The summed E-state index contributed by atoms with van der Waals surface area (Å²) >= 11 is 3.47. The molecule has 0 saturated heterocycles. The minimum atomic E-state index is 0.0334. The molecule has 0 heterocycles. The van der Waals surface area contributed by atoms with Gasteiger partial charge >= 0.3 is 0 Å². The van der Waals surface area contributed by atoms with E-state index in [0.717, 1.165) is 26.7 Å². The lowest BCUT2D eigenvalue weighted by molar-refractivity contribution is 0.466. The van der Waals surface area contributed by atoms with Gasteiger partial charge in [0.15, 0.2) is 0 Å². The van der Waals surface area contributed by atoms with Crippen LogP contribution in [0, 0.1) is 13.8 Å². The van der Waals surface area contributed by atoms with Gasteiger partial charge in [-0.25, -0.2) is 0 Å². The highest BCUT2D eigenvalue weighted by atomic mass is 79.9. The second kappa shape index (κ2) is 5.25. The molecular weight excluding hydrogens is 312 g/mol. The standard InChI is InChI=1S/C18H21BrO/c1-11-10-15(18(3,4)5)16(12(2)17(11)20)13-6-8-14(19)9-7-13/h6-10,20H,1-5H3. The second-order valence-corrected chi connectivity index (χ2v) is 7.26. The van der Waals surface area contributed by atoms with Crippen LogP contribution in [0.2, 0.25) is 0 Å². The third-order valence-corrected chi connectivity index (χ3v) is 4.20. The first-order chi connectivity index (χ1) is 9.21. The van der Waals surface area contributed by atoms with Gasteiger partial charge in [-0.05, 0) is 59.2 Å². The average molecular weight is 333 g/mol. The molecule has 0 amide bonds. The molecule has 2 aromatic rings. The molecular formula is C18H21BrO. The minimum absolute atomic E-state index is 0.0334. The summed E-state index contributed by atoms with van der Waals surface area (Å²) in [6.07, 6.45) is 0. The van der Waals surface area contributed by atoms with Crippen molar-refractivity contribution < 1.29 is 5.11 Å². The van der Waals surface area contributed by atoms with Crippen molar-refractivity contribution in [1.29, 1.82) is 0 Å². The summed E-state index contributed by atoms with van der Waals surface area (Å²) in [6.45, 7) is 10.6. The molecule has 0 saturated carbocycles. The van der Waals surface area contributed by atoms with Gasteiger partial charge in [-0.3, -0.25) is 0 Å². The molecule has 0 aromatic heterocycles. The van der Waals surface area contributed by atoms with E-state index in [9.17, 15) is 5.11 Å². The van der Waals surface area contributed by atoms with Crippen LogP contribution in [0.25, 0.3) is 11.1 Å². The highest BCUT2D eigenvalue weighted by molar-refractivity contribution is 9.10. The number of hydrogen-bond donors (Lipinski definition) is 1. The zero-order chi connectivity index (χ0) is 15.1. The van der Waals surface area contributed by atoms with Crippen LogP contribution in [0.3, 0.4) is 0 Å². The summed E-state index contributed by atoms with van der Waals surface area (Å²) in [5, 5.41) is 10.3. The summed E-state index contributed by atoms with van der Waals surface area (Å²) < 4.78 is 1.06. The first kappa shape index (κ1) is 15.1. The average Bonchev–Trinajstić information content (AvgIpc) is 2.36. The molecule has 0 fully saturated rings. The van der Waals surface area contributed by atoms with Crippen molar-refractivity contribution in [3.05, 3.63) is 51.5 Å². The van der Waals surface area contributed by atoms with Gasteiger partial charge in [0.1, 0.15) is 5.75 Å². The Morgan fingerprint density at radius 3 is 2.05 bits per heavy atom. The molecule has 1 nitrogen and oxygen atoms in total. The summed E-state index contributed by atoms with van der Waals surface area (Å²) in [6, 6.07) is 10.4. The second-order valence-electron chi connectivity index (χ2n) is 6.35. The van der Waals surface area contributed by atoms with E-state index in [4.69, 9.17) is 0 Å². The predicted molar refractivity (Wildman–Crippen MR) is 89.4 cm³/mol. The molecule has 106 valence electrons. The van der Waals surface area contributed by atoms with E-state index in [0.29, 0.717) is 5.75 Å². The lowest BCUT2D eigenvalue weighted by Gasteiger charge is -2.26. The zero-order valence-corrected chi connectivity index (χ0v) is 14.3. The monoisotopic (exact) mass is 332 g/mol. The van der Waals surface area contributed by atoms with Gasteiger partial charge in [0.05, 0.1) is 0 Å². The topological polar surface area (TPSA) is 20.2 Å². The van der Waals surface area contributed by atoms with Crippen molar-refractivity contribution in [2.45, 2.75) is 40.0 Å². The SMILES string of the molecule is Cc1cc(C(C)(C)C)c(-c2ccc(Br)cc2)c(C)c1O. The van der Waals surface area contributed by atoms with E-state index in [-0.39, 0.29) is 5.41 Å². The Balaban J connectivity index is 2.79. The van der Waals surface area contributed by atoms with Gasteiger partial charge in [-0.15, -0.1) is 0 Å². The molecule has 2 aromatic carbocycles. The number of hydrogen-bond acceptors (Lipinski definition) is 1. The largest absolute Gasteiger partial charge is 0.507 e. The lowest BCUT2D eigenvalue weighted by Crippen LogP contribution is -2.14. The number of benzene rings is 2. The number of phenols is 1. The van der Waals surface area contributed by atoms with E-state index in [1.165, 1.54) is 5.56 Å². The Labute approximate surface area is 129 Å². The van der Waals surface area contributed by atoms with E-state index in [1.54, 1.807) is 0 Å². The van der Waals surface area contributed by atoms with Crippen LogP contribution in [0.15, 0.2) is 34.8 Å². The highest BCUT2D eigenvalue weighted by Crippen LogP contribution is 2.40. The fraction of sp³-hybridized carbons (Fsp3) is 0.333. The predicted octanol–water partition coefficient (Wildman–Crippen LogP) is 5.74. The van der Waals surface area contributed by atoms with Crippen LogP contribution in [-0.2, 0) is 5.41 Å². The smallest absolute Gasteiger partial charge is 0.122 e.